The second kappa shape index (κ2) is 4.49. The Morgan fingerprint density at radius 3 is 2.25 bits per heavy atom. The third-order valence-electron chi connectivity index (χ3n) is 2.07. The lowest BCUT2D eigenvalue weighted by Gasteiger charge is -1.89. The zero-order valence-electron chi connectivity index (χ0n) is 8.44. The van der Waals surface area contributed by atoms with Crippen molar-refractivity contribution in [2.75, 3.05) is 0 Å². The quantitative estimate of drug-likeness (QED) is 0.802. The maximum absolute atomic E-state index is 11.1. The van der Waals surface area contributed by atoms with Gasteiger partial charge in [0.1, 0.15) is 4.21 Å². The minimum atomic E-state index is -3.59. The molecule has 2 aromatic rings. The van der Waals surface area contributed by atoms with Crippen molar-refractivity contribution >= 4 is 42.4 Å². The number of rotatable bonds is 3. The van der Waals surface area contributed by atoms with E-state index in [1.165, 1.54) is 16.2 Å². The van der Waals surface area contributed by atoms with Crippen molar-refractivity contribution in [2.45, 2.75) is 17.6 Å². The minimum absolute atomic E-state index is 0.204. The number of halogens is 1. The second-order valence-corrected chi connectivity index (χ2v) is 8.22. The molecule has 0 saturated carbocycles. The first-order valence-electron chi connectivity index (χ1n) is 4.64. The van der Waals surface area contributed by atoms with E-state index in [4.69, 9.17) is 10.7 Å². The Morgan fingerprint density at radius 2 is 1.75 bits per heavy atom. The average molecular weight is 293 g/mol. The molecule has 0 aliphatic heterocycles. The zero-order chi connectivity index (χ0) is 11.8. The average Bonchev–Trinajstić information content (AvgIpc) is 2.85. The first kappa shape index (κ1) is 12.1. The van der Waals surface area contributed by atoms with Gasteiger partial charge in [-0.3, -0.25) is 0 Å². The molecule has 0 aliphatic carbocycles. The standard InChI is InChI=1S/C10H9ClO2S3/c1-2-7-3-4-8(14-7)9-5-6-10(15-9)16(11,12)13/h3-6H,2H2,1H3. The van der Waals surface area contributed by atoms with Crippen LogP contribution >= 0.6 is 33.4 Å². The van der Waals surface area contributed by atoms with Gasteiger partial charge in [0.2, 0.25) is 0 Å². The van der Waals surface area contributed by atoms with Gasteiger partial charge in [0, 0.05) is 25.3 Å². The maximum atomic E-state index is 11.1. The van der Waals surface area contributed by atoms with Gasteiger partial charge in [0.25, 0.3) is 9.05 Å². The summed E-state index contributed by atoms with van der Waals surface area (Å²) in [6.07, 6.45) is 0.997. The molecule has 2 rings (SSSR count). The van der Waals surface area contributed by atoms with E-state index in [-0.39, 0.29) is 4.21 Å². The summed E-state index contributed by atoms with van der Waals surface area (Å²) in [7, 11) is 1.68. The van der Waals surface area contributed by atoms with Gasteiger partial charge in [-0.2, -0.15) is 0 Å². The van der Waals surface area contributed by atoms with Crippen molar-refractivity contribution in [3.05, 3.63) is 29.1 Å². The third-order valence-corrected chi connectivity index (χ3v) is 6.68. The van der Waals surface area contributed by atoms with Crippen LogP contribution in [0.4, 0.5) is 0 Å². The molecule has 0 spiro atoms. The zero-order valence-corrected chi connectivity index (χ0v) is 11.6. The van der Waals surface area contributed by atoms with Gasteiger partial charge in [0.15, 0.2) is 0 Å². The Hall–Kier alpha value is -0.360. The highest BCUT2D eigenvalue weighted by atomic mass is 35.7. The van der Waals surface area contributed by atoms with Gasteiger partial charge in [-0.05, 0) is 30.7 Å². The van der Waals surface area contributed by atoms with Gasteiger partial charge in [0.05, 0.1) is 0 Å². The fraction of sp³-hybridized carbons (Fsp3) is 0.200. The molecule has 2 aromatic heterocycles. The molecular formula is C10H9ClO2S3. The molecule has 2 heterocycles. The molecule has 0 radical (unpaired) electrons. The molecule has 16 heavy (non-hydrogen) atoms. The smallest absolute Gasteiger partial charge is 0.206 e. The van der Waals surface area contributed by atoms with Crippen molar-refractivity contribution in [3.8, 4) is 9.75 Å². The summed E-state index contributed by atoms with van der Waals surface area (Å²) >= 11 is 2.89. The van der Waals surface area contributed by atoms with E-state index in [2.05, 4.69) is 13.0 Å². The molecule has 0 N–H and O–H groups in total. The summed E-state index contributed by atoms with van der Waals surface area (Å²) in [5.74, 6) is 0. The molecule has 0 amide bonds. The van der Waals surface area contributed by atoms with E-state index in [0.717, 1.165) is 16.2 Å². The topological polar surface area (TPSA) is 34.1 Å². The molecular weight excluding hydrogens is 284 g/mol. The highest BCUT2D eigenvalue weighted by Gasteiger charge is 2.14. The molecule has 0 aliphatic rings. The van der Waals surface area contributed by atoms with E-state index in [9.17, 15) is 8.42 Å². The van der Waals surface area contributed by atoms with Crippen molar-refractivity contribution in [1.82, 2.24) is 0 Å². The SMILES string of the molecule is CCc1ccc(-c2ccc(S(=O)(=O)Cl)s2)s1. The van der Waals surface area contributed by atoms with Crippen molar-refractivity contribution in [3.63, 3.8) is 0 Å². The fourth-order valence-electron chi connectivity index (χ4n) is 1.28. The molecule has 2 nitrogen and oxygen atoms in total. The van der Waals surface area contributed by atoms with Gasteiger partial charge in [-0.15, -0.1) is 22.7 Å². The van der Waals surface area contributed by atoms with Crippen LogP contribution in [0.15, 0.2) is 28.5 Å². The lowest BCUT2D eigenvalue weighted by molar-refractivity contribution is 0.611. The summed E-state index contributed by atoms with van der Waals surface area (Å²) in [5, 5.41) is 0. The Morgan fingerprint density at radius 1 is 1.12 bits per heavy atom. The molecule has 86 valence electrons. The Kier molecular flexibility index (Phi) is 3.39. The van der Waals surface area contributed by atoms with Gasteiger partial charge in [-0.1, -0.05) is 6.92 Å². The Bertz CT molecular complexity index is 595. The molecule has 0 fully saturated rings. The lowest BCUT2D eigenvalue weighted by atomic mass is 10.3. The minimum Gasteiger partial charge on any atom is -0.206 e. The van der Waals surface area contributed by atoms with E-state index >= 15 is 0 Å². The van der Waals surface area contributed by atoms with E-state index in [1.54, 1.807) is 23.5 Å². The van der Waals surface area contributed by atoms with Crippen LogP contribution in [-0.2, 0) is 15.5 Å². The fourth-order valence-corrected chi connectivity index (χ4v) is 4.39. The molecule has 0 atom stereocenters. The summed E-state index contributed by atoms with van der Waals surface area (Å²) < 4.78 is 22.4. The van der Waals surface area contributed by atoms with E-state index in [1.807, 2.05) is 6.07 Å². The number of aryl methyl sites for hydroxylation is 1. The normalized spacial score (nSPS) is 11.9. The van der Waals surface area contributed by atoms with Crippen LogP contribution in [0, 0.1) is 0 Å². The Balaban J connectivity index is 2.39. The maximum Gasteiger partial charge on any atom is 0.270 e. The van der Waals surface area contributed by atoms with Crippen molar-refractivity contribution in [2.24, 2.45) is 0 Å². The number of hydrogen-bond acceptors (Lipinski definition) is 4. The van der Waals surface area contributed by atoms with Crippen LogP contribution in [0.25, 0.3) is 9.75 Å². The predicted octanol–water partition coefficient (Wildman–Crippen LogP) is 3.97. The largest absolute Gasteiger partial charge is 0.270 e. The van der Waals surface area contributed by atoms with Gasteiger partial charge in [-0.25, -0.2) is 8.42 Å². The van der Waals surface area contributed by atoms with Gasteiger partial charge < -0.3 is 0 Å². The van der Waals surface area contributed by atoms with Crippen LogP contribution in [0.1, 0.15) is 11.8 Å². The molecule has 0 unspecified atom stereocenters. The highest BCUT2D eigenvalue weighted by Crippen LogP contribution is 2.36. The lowest BCUT2D eigenvalue weighted by Crippen LogP contribution is -1.82. The summed E-state index contributed by atoms with van der Waals surface area (Å²) in [6.45, 7) is 2.10. The molecule has 0 saturated heterocycles. The van der Waals surface area contributed by atoms with Crippen LogP contribution in [0.3, 0.4) is 0 Å². The molecule has 0 bridgehead atoms. The number of hydrogen-bond donors (Lipinski definition) is 0. The highest BCUT2D eigenvalue weighted by molar-refractivity contribution is 8.15. The summed E-state index contributed by atoms with van der Waals surface area (Å²) in [5.41, 5.74) is 0. The van der Waals surface area contributed by atoms with Crippen molar-refractivity contribution < 1.29 is 8.42 Å². The van der Waals surface area contributed by atoms with Crippen molar-refractivity contribution in [1.29, 1.82) is 0 Å². The van der Waals surface area contributed by atoms with Crippen LogP contribution in [0.5, 0.6) is 0 Å². The monoisotopic (exact) mass is 292 g/mol. The first-order valence-corrected chi connectivity index (χ1v) is 8.58. The van der Waals surface area contributed by atoms with E-state index < -0.39 is 9.05 Å². The predicted molar refractivity (Wildman–Crippen MR) is 70.0 cm³/mol. The number of thiophene rings is 2. The Labute approximate surface area is 107 Å². The van der Waals surface area contributed by atoms with Gasteiger partial charge >= 0.3 is 0 Å². The molecule has 0 aromatic carbocycles. The van der Waals surface area contributed by atoms with Crippen LogP contribution < -0.4 is 0 Å². The third kappa shape index (κ3) is 2.48. The first-order chi connectivity index (χ1) is 7.50. The van der Waals surface area contributed by atoms with Crippen LogP contribution in [0.2, 0.25) is 0 Å². The van der Waals surface area contributed by atoms with Crippen LogP contribution in [-0.4, -0.2) is 8.42 Å². The summed E-state index contributed by atoms with van der Waals surface area (Å²) in [6, 6.07) is 7.42. The van der Waals surface area contributed by atoms with E-state index in [0.29, 0.717) is 0 Å². The second-order valence-electron chi connectivity index (χ2n) is 3.18. The molecule has 6 heteroatoms. The summed E-state index contributed by atoms with van der Waals surface area (Å²) in [4.78, 5) is 3.33.